The van der Waals surface area contributed by atoms with Gasteiger partial charge >= 0.3 is 0 Å². The number of hydrogen-bond acceptors (Lipinski definition) is 2. The van der Waals surface area contributed by atoms with Crippen LogP contribution in [0.15, 0.2) is 4.99 Å². The Labute approximate surface area is 105 Å². The van der Waals surface area contributed by atoms with Gasteiger partial charge in [-0.05, 0) is 25.6 Å². The van der Waals surface area contributed by atoms with Crippen molar-refractivity contribution in [1.29, 1.82) is 0 Å². The van der Waals surface area contributed by atoms with E-state index in [-0.39, 0.29) is 22.3 Å². The summed E-state index contributed by atoms with van der Waals surface area (Å²) in [6.07, 6.45) is 0. The molecule has 0 aliphatic rings. The molecule has 4 heteroatoms. The standard InChI is InChI=1S/C11H24N3.Co/c1-7-14(8-2)9-12-10(3)13-11(4,5)6;/h7-9H2,1-6H3;/q-1;. The van der Waals surface area contributed by atoms with E-state index in [1.54, 1.807) is 0 Å². The quantitative estimate of drug-likeness (QED) is 0.562. The average Bonchev–Trinajstić information content (AvgIpc) is 2.03. The first-order chi connectivity index (χ1) is 6.39. The Morgan fingerprint density at radius 2 is 1.67 bits per heavy atom. The zero-order chi connectivity index (χ0) is 11.2. The van der Waals surface area contributed by atoms with E-state index in [9.17, 15) is 0 Å². The largest absolute Gasteiger partial charge is 0.464 e. The van der Waals surface area contributed by atoms with E-state index < -0.39 is 0 Å². The van der Waals surface area contributed by atoms with E-state index in [4.69, 9.17) is 0 Å². The SMILES string of the molecule is CCN(CC)C[N-]C(C)=NC(C)(C)C.[Co]. The summed E-state index contributed by atoms with van der Waals surface area (Å²) in [5.74, 6) is 0.893. The molecule has 0 saturated heterocycles. The van der Waals surface area contributed by atoms with Crippen LogP contribution in [-0.4, -0.2) is 36.0 Å². The minimum absolute atomic E-state index is 0. The van der Waals surface area contributed by atoms with Crippen LogP contribution in [0.1, 0.15) is 41.5 Å². The van der Waals surface area contributed by atoms with Crippen molar-refractivity contribution in [3.63, 3.8) is 0 Å². The van der Waals surface area contributed by atoms with Crippen molar-refractivity contribution in [2.24, 2.45) is 4.99 Å². The maximum atomic E-state index is 4.47. The number of nitrogens with zero attached hydrogens (tertiary/aromatic N) is 3. The van der Waals surface area contributed by atoms with Gasteiger partial charge in [-0.1, -0.05) is 40.5 Å². The van der Waals surface area contributed by atoms with Gasteiger partial charge in [0.15, 0.2) is 0 Å². The zero-order valence-corrected chi connectivity index (χ0v) is 11.8. The minimum Gasteiger partial charge on any atom is -0.464 e. The summed E-state index contributed by atoms with van der Waals surface area (Å²) < 4.78 is 0. The molecule has 0 spiro atoms. The molecule has 0 N–H and O–H groups in total. The van der Waals surface area contributed by atoms with Crippen molar-refractivity contribution in [3.05, 3.63) is 5.32 Å². The summed E-state index contributed by atoms with van der Waals surface area (Å²) >= 11 is 0. The third-order valence-electron chi connectivity index (χ3n) is 1.89. The second-order valence-corrected chi connectivity index (χ2v) is 4.43. The average molecular weight is 257 g/mol. The second kappa shape index (κ2) is 8.13. The Kier molecular flexibility index (Phi) is 9.40. The van der Waals surface area contributed by atoms with Gasteiger partial charge < -0.3 is 15.2 Å². The van der Waals surface area contributed by atoms with E-state index in [0.717, 1.165) is 25.6 Å². The molecule has 0 atom stereocenters. The molecule has 15 heavy (non-hydrogen) atoms. The number of hydrogen-bond donors (Lipinski definition) is 0. The normalized spacial score (nSPS) is 12.6. The molecule has 0 aromatic heterocycles. The molecule has 0 heterocycles. The molecule has 93 valence electrons. The van der Waals surface area contributed by atoms with E-state index in [1.165, 1.54) is 0 Å². The first-order valence-corrected chi connectivity index (χ1v) is 5.35. The van der Waals surface area contributed by atoms with Crippen LogP contribution in [0, 0.1) is 0 Å². The summed E-state index contributed by atoms with van der Waals surface area (Å²) in [6.45, 7) is 15.4. The Bertz CT molecular complexity index is 181. The molecule has 0 aliphatic carbocycles. The molecule has 0 saturated carbocycles. The van der Waals surface area contributed by atoms with Gasteiger partial charge in [0.25, 0.3) is 0 Å². The molecular formula is C11H24CoN3-. The summed E-state index contributed by atoms with van der Waals surface area (Å²) in [5, 5.41) is 4.43. The monoisotopic (exact) mass is 257 g/mol. The van der Waals surface area contributed by atoms with Crippen LogP contribution in [0.4, 0.5) is 0 Å². The van der Waals surface area contributed by atoms with Gasteiger partial charge in [-0.2, -0.15) is 0 Å². The van der Waals surface area contributed by atoms with Crippen molar-refractivity contribution in [1.82, 2.24) is 4.90 Å². The van der Waals surface area contributed by atoms with E-state index in [2.05, 4.69) is 49.8 Å². The van der Waals surface area contributed by atoms with Gasteiger partial charge in [0, 0.05) is 23.4 Å². The van der Waals surface area contributed by atoms with E-state index in [1.807, 2.05) is 6.92 Å². The Morgan fingerprint density at radius 3 is 2.00 bits per heavy atom. The molecule has 0 fully saturated rings. The molecule has 0 amide bonds. The Balaban J connectivity index is 0. The van der Waals surface area contributed by atoms with Crippen LogP contribution < -0.4 is 0 Å². The molecule has 0 aromatic rings. The van der Waals surface area contributed by atoms with Crippen LogP contribution in [-0.2, 0) is 16.8 Å². The van der Waals surface area contributed by atoms with Crippen molar-refractivity contribution >= 4 is 5.84 Å². The number of aliphatic imine (C=N–C) groups is 1. The van der Waals surface area contributed by atoms with Crippen molar-refractivity contribution < 1.29 is 16.8 Å². The number of rotatable bonds is 4. The topological polar surface area (TPSA) is 29.7 Å². The van der Waals surface area contributed by atoms with Crippen LogP contribution in [0.5, 0.6) is 0 Å². The van der Waals surface area contributed by atoms with Gasteiger partial charge in [-0.3, -0.25) is 0 Å². The summed E-state index contributed by atoms with van der Waals surface area (Å²) in [4.78, 5) is 6.74. The molecule has 0 bridgehead atoms. The Hall–Kier alpha value is -0.0635. The smallest absolute Gasteiger partial charge is 0.00182 e. The van der Waals surface area contributed by atoms with Crippen molar-refractivity contribution in [3.8, 4) is 0 Å². The minimum atomic E-state index is -0.0170. The van der Waals surface area contributed by atoms with Gasteiger partial charge in [0.2, 0.25) is 0 Å². The summed E-state index contributed by atoms with van der Waals surface area (Å²) in [7, 11) is 0. The van der Waals surface area contributed by atoms with E-state index in [0.29, 0.717) is 0 Å². The Morgan fingerprint density at radius 1 is 1.20 bits per heavy atom. The zero-order valence-electron chi connectivity index (χ0n) is 10.8. The maximum Gasteiger partial charge on any atom is 0.00182 e. The molecule has 1 radical (unpaired) electrons. The van der Waals surface area contributed by atoms with Crippen LogP contribution in [0.2, 0.25) is 0 Å². The van der Waals surface area contributed by atoms with Crippen molar-refractivity contribution in [2.75, 3.05) is 19.8 Å². The van der Waals surface area contributed by atoms with Crippen molar-refractivity contribution in [2.45, 2.75) is 47.1 Å². The molecule has 0 aliphatic heterocycles. The fourth-order valence-corrected chi connectivity index (χ4v) is 1.15. The van der Waals surface area contributed by atoms with Gasteiger partial charge in [0.05, 0.1) is 0 Å². The fraction of sp³-hybridized carbons (Fsp3) is 0.909. The maximum absolute atomic E-state index is 4.47. The van der Waals surface area contributed by atoms with E-state index >= 15 is 0 Å². The molecule has 0 rings (SSSR count). The third kappa shape index (κ3) is 10.2. The predicted octanol–water partition coefficient (Wildman–Crippen LogP) is 2.87. The summed E-state index contributed by atoms with van der Waals surface area (Å²) in [6, 6.07) is 0. The van der Waals surface area contributed by atoms with Crippen LogP contribution in [0.3, 0.4) is 0 Å². The molecule has 0 unspecified atom stereocenters. The molecular weight excluding hydrogens is 233 g/mol. The molecule has 3 nitrogen and oxygen atoms in total. The van der Waals surface area contributed by atoms with Gasteiger partial charge in [-0.15, -0.1) is 0 Å². The van der Waals surface area contributed by atoms with Gasteiger partial charge in [-0.25, -0.2) is 0 Å². The fourth-order valence-electron chi connectivity index (χ4n) is 1.15. The predicted molar refractivity (Wildman–Crippen MR) is 64.0 cm³/mol. The van der Waals surface area contributed by atoms with Gasteiger partial charge in [0.1, 0.15) is 0 Å². The first-order valence-electron chi connectivity index (χ1n) is 5.35. The number of amidine groups is 1. The molecule has 0 aromatic carbocycles. The third-order valence-corrected chi connectivity index (χ3v) is 1.89. The van der Waals surface area contributed by atoms with Crippen LogP contribution in [0.25, 0.3) is 5.32 Å². The second-order valence-electron chi connectivity index (χ2n) is 4.43. The summed E-state index contributed by atoms with van der Waals surface area (Å²) in [5.41, 5.74) is -0.0170. The van der Waals surface area contributed by atoms with Crippen LogP contribution >= 0.6 is 0 Å². The first kappa shape index (κ1) is 17.3.